The van der Waals surface area contributed by atoms with Crippen LogP contribution >= 0.6 is 0 Å². The van der Waals surface area contributed by atoms with Crippen LogP contribution in [0.2, 0.25) is 0 Å². The van der Waals surface area contributed by atoms with Gasteiger partial charge in [-0.2, -0.15) is 0 Å². The van der Waals surface area contributed by atoms with Gasteiger partial charge in [0, 0.05) is 56.4 Å². The van der Waals surface area contributed by atoms with Crippen molar-refractivity contribution in [1.29, 1.82) is 0 Å². The fourth-order valence-electron chi connectivity index (χ4n) is 5.96. The van der Waals surface area contributed by atoms with Gasteiger partial charge < -0.3 is 23.8 Å². The standard InChI is InChI=1S/C16H23NO.C14H25NO3.C10H18O5.C2H6/c1-3-14-10-16(18)11-15(4-2)17(14)12-13-8-6-5-7-9-13;1-6-10-8-12(16)9-11(7-2)15(10)13(17)18-14(3,4)5;1-9(2,3)14-7(11)13-8(12)15-10(4,5)6;1-2/h5-9,14-15H,3-4,10-12H2,1-2H3;10-11H,6-9H2,1-5H3;1-6H3;1-2H3. The predicted octanol–water partition coefficient (Wildman–Crippen LogP) is 10.5. The molecule has 2 heterocycles. The summed E-state index contributed by atoms with van der Waals surface area (Å²) in [6, 6.07) is 11.4. The third-order valence-corrected chi connectivity index (χ3v) is 8.22. The molecule has 0 radical (unpaired) electrons. The molecule has 3 rings (SSSR count). The molecule has 0 aliphatic carbocycles. The number of piperidine rings is 2. The molecule has 11 heteroatoms. The zero-order chi connectivity index (χ0) is 41.2. The Morgan fingerprint density at radius 3 is 1.25 bits per heavy atom. The molecule has 0 N–H and O–H groups in total. The molecule has 0 saturated carbocycles. The number of hydrogen-bond acceptors (Lipinski definition) is 10. The number of ether oxygens (including phenoxy) is 4. The van der Waals surface area contributed by atoms with E-state index in [0.29, 0.717) is 30.7 Å². The number of benzene rings is 1. The lowest BCUT2D eigenvalue weighted by atomic mass is 9.91. The zero-order valence-corrected chi connectivity index (χ0v) is 35.6. The maximum Gasteiger partial charge on any atom is 0.519 e. The van der Waals surface area contributed by atoms with E-state index < -0.39 is 29.1 Å². The summed E-state index contributed by atoms with van der Waals surface area (Å²) in [4.78, 5) is 62.0. The molecule has 4 atom stereocenters. The van der Waals surface area contributed by atoms with E-state index in [2.05, 4.69) is 53.8 Å². The summed E-state index contributed by atoms with van der Waals surface area (Å²) in [6.45, 7) is 29.0. The first-order chi connectivity index (χ1) is 24.5. The van der Waals surface area contributed by atoms with Crippen molar-refractivity contribution >= 4 is 30.0 Å². The number of ketones is 2. The van der Waals surface area contributed by atoms with Crippen LogP contribution in [0.3, 0.4) is 0 Å². The second-order valence-electron chi connectivity index (χ2n) is 16.2. The molecule has 1 amide bonds. The number of carbonyl (C=O) groups excluding carboxylic acids is 5. The Bertz CT molecular complexity index is 1200. The number of nitrogens with zero attached hydrogens (tertiary/aromatic N) is 2. The highest BCUT2D eigenvalue weighted by atomic mass is 16.8. The van der Waals surface area contributed by atoms with Gasteiger partial charge >= 0.3 is 18.4 Å². The molecule has 11 nitrogen and oxygen atoms in total. The zero-order valence-electron chi connectivity index (χ0n) is 35.6. The number of carbonyl (C=O) groups is 5. The highest BCUT2D eigenvalue weighted by Gasteiger charge is 2.38. The largest absolute Gasteiger partial charge is 0.519 e. The molecule has 2 aliphatic heterocycles. The van der Waals surface area contributed by atoms with Crippen LogP contribution in [-0.4, -0.2) is 80.7 Å². The van der Waals surface area contributed by atoms with Crippen LogP contribution in [0.4, 0.5) is 14.4 Å². The van der Waals surface area contributed by atoms with E-state index in [-0.39, 0.29) is 24.0 Å². The predicted molar refractivity (Wildman–Crippen MR) is 210 cm³/mol. The molecule has 304 valence electrons. The van der Waals surface area contributed by atoms with Crippen LogP contribution in [0.25, 0.3) is 0 Å². The van der Waals surface area contributed by atoms with Gasteiger partial charge in [0.25, 0.3) is 0 Å². The molecule has 0 bridgehead atoms. The Labute approximate surface area is 320 Å². The molecule has 2 aliphatic rings. The van der Waals surface area contributed by atoms with Crippen molar-refractivity contribution in [3.8, 4) is 0 Å². The average Bonchev–Trinajstić information content (AvgIpc) is 3.04. The fourth-order valence-corrected chi connectivity index (χ4v) is 5.96. The molecule has 4 unspecified atom stereocenters. The third-order valence-electron chi connectivity index (χ3n) is 8.22. The van der Waals surface area contributed by atoms with Gasteiger partial charge in [0.05, 0.1) is 0 Å². The summed E-state index contributed by atoms with van der Waals surface area (Å²) in [5, 5.41) is 0. The Morgan fingerprint density at radius 2 is 0.925 bits per heavy atom. The minimum absolute atomic E-state index is 0.00829. The molecular formula is C42H72N2O9. The molecule has 1 aromatic rings. The van der Waals surface area contributed by atoms with E-state index in [4.69, 9.17) is 14.2 Å². The van der Waals surface area contributed by atoms with Gasteiger partial charge in [0.15, 0.2) is 0 Å². The molecule has 1 aromatic carbocycles. The first kappa shape index (κ1) is 49.5. The maximum absolute atomic E-state index is 12.3. The van der Waals surface area contributed by atoms with E-state index in [1.54, 1.807) is 46.4 Å². The SMILES string of the molecule is CC.CC(C)(C)OC(=O)OC(=O)OC(C)(C)C.CCC1CC(=O)CC(CC)N1C(=O)OC(C)(C)C.CCC1CC(=O)CC(CC)N1Cc1ccccc1. The van der Waals surface area contributed by atoms with Crippen molar-refractivity contribution in [3.63, 3.8) is 0 Å². The molecule has 2 fully saturated rings. The number of likely N-dealkylation sites (tertiary alicyclic amines) is 2. The van der Waals surface area contributed by atoms with E-state index in [1.165, 1.54) is 5.56 Å². The van der Waals surface area contributed by atoms with Crippen LogP contribution in [0.15, 0.2) is 30.3 Å². The quantitative estimate of drug-likeness (QED) is 0.157. The first-order valence-corrected chi connectivity index (χ1v) is 19.5. The topological polar surface area (TPSA) is 129 Å². The number of rotatable bonds is 6. The van der Waals surface area contributed by atoms with Gasteiger partial charge in [0.1, 0.15) is 28.4 Å². The monoisotopic (exact) mass is 749 g/mol. The normalized spacial score (nSPS) is 20.6. The van der Waals surface area contributed by atoms with E-state index >= 15 is 0 Å². The van der Waals surface area contributed by atoms with E-state index in [1.807, 2.05) is 48.5 Å². The minimum Gasteiger partial charge on any atom is -0.444 e. The van der Waals surface area contributed by atoms with Crippen LogP contribution in [0, 0.1) is 0 Å². The Hall–Kier alpha value is -3.47. The summed E-state index contributed by atoms with van der Waals surface area (Å²) in [6.07, 6.45) is 3.72. The van der Waals surface area contributed by atoms with E-state index in [0.717, 1.165) is 45.1 Å². The van der Waals surface area contributed by atoms with Crippen molar-refractivity contribution in [2.24, 2.45) is 0 Å². The second kappa shape index (κ2) is 23.3. The summed E-state index contributed by atoms with van der Waals surface area (Å²) in [5.74, 6) is 0.700. The molecule has 0 spiro atoms. The Kier molecular flexibility index (Phi) is 21.8. The molecule has 53 heavy (non-hydrogen) atoms. The lowest BCUT2D eigenvalue weighted by molar-refractivity contribution is -0.126. The highest BCUT2D eigenvalue weighted by molar-refractivity contribution is 5.83. The average molecular weight is 749 g/mol. The fraction of sp³-hybridized carbons (Fsp3) is 0.738. The minimum atomic E-state index is -1.06. The van der Waals surface area contributed by atoms with Crippen LogP contribution in [-0.2, 0) is 35.1 Å². The van der Waals surface area contributed by atoms with E-state index in [9.17, 15) is 24.0 Å². The highest BCUT2D eigenvalue weighted by Crippen LogP contribution is 2.28. The number of amides is 1. The smallest absolute Gasteiger partial charge is 0.444 e. The van der Waals surface area contributed by atoms with Crippen molar-refractivity contribution in [2.45, 2.75) is 203 Å². The third kappa shape index (κ3) is 20.5. The lowest BCUT2D eigenvalue weighted by Crippen LogP contribution is -2.53. The Balaban J connectivity index is 0.000000751. The van der Waals surface area contributed by atoms with Crippen molar-refractivity contribution in [2.75, 3.05) is 0 Å². The number of Topliss-reactive ketones (excluding diaryl/α,β-unsaturated/α-hetero) is 2. The summed E-state index contributed by atoms with van der Waals surface area (Å²) in [5.41, 5.74) is -0.531. The van der Waals surface area contributed by atoms with Gasteiger partial charge in [-0.1, -0.05) is 71.9 Å². The van der Waals surface area contributed by atoms with Crippen molar-refractivity contribution in [3.05, 3.63) is 35.9 Å². The molecule has 2 saturated heterocycles. The van der Waals surface area contributed by atoms with Crippen molar-refractivity contribution < 1.29 is 42.9 Å². The van der Waals surface area contributed by atoms with Gasteiger partial charge in [-0.3, -0.25) is 14.5 Å². The van der Waals surface area contributed by atoms with Gasteiger partial charge in [-0.15, -0.1) is 0 Å². The van der Waals surface area contributed by atoms with Crippen LogP contribution in [0.5, 0.6) is 0 Å². The van der Waals surface area contributed by atoms with Crippen LogP contribution < -0.4 is 0 Å². The Morgan fingerprint density at radius 1 is 0.585 bits per heavy atom. The maximum atomic E-state index is 12.3. The van der Waals surface area contributed by atoms with Gasteiger partial charge in [-0.25, -0.2) is 14.4 Å². The van der Waals surface area contributed by atoms with Crippen LogP contribution in [0.1, 0.15) is 161 Å². The summed E-state index contributed by atoms with van der Waals surface area (Å²) >= 11 is 0. The van der Waals surface area contributed by atoms with Gasteiger partial charge in [-0.05, 0) is 93.6 Å². The first-order valence-electron chi connectivity index (χ1n) is 19.5. The van der Waals surface area contributed by atoms with Crippen molar-refractivity contribution in [1.82, 2.24) is 9.80 Å². The summed E-state index contributed by atoms with van der Waals surface area (Å²) in [7, 11) is 0. The van der Waals surface area contributed by atoms with Gasteiger partial charge in [0.2, 0.25) is 0 Å². The number of hydrogen-bond donors (Lipinski definition) is 0. The molecular weight excluding hydrogens is 676 g/mol. The molecule has 0 aromatic heterocycles. The summed E-state index contributed by atoms with van der Waals surface area (Å²) < 4.78 is 19.3. The lowest BCUT2D eigenvalue weighted by Gasteiger charge is -2.41. The second-order valence-corrected chi connectivity index (χ2v) is 16.2.